The van der Waals surface area contributed by atoms with Crippen molar-refractivity contribution < 1.29 is 19.8 Å². The van der Waals surface area contributed by atoms with Crippen LogP contribution in [0.3, 0.4) is 0 Å². The Bertz CT molecular complexity index is 1140. The van der Waals surface area contributed by atoms with Crippen molar-refractivity contribution in [1.82, 2.24) is 15.2 Å². The number of nitrogens with zero attached hydrogens (tertiary/aromatic N) is 2. The number of hydrogen-bond acceptors (Lipinski definition) is 7. The third kappa shape index (κ3) is 5.90. The minimum absolute atomic E-state index is 0.0828. The van der Waals surface area contributed by atoms with Gasteiger partial charge < -0.3 is 25.8 Å². The van der Waals surface area contributed by atoms with Crippen molar-refractivity contribution in [3.63, 3.8) is 0 Å². The van der Waals surface area contributed by atoms with Gasteiger partial charge in [0.1, 0.15) is 17.6 Å². The number of benzene rings is 1. The first-order valence-corrected chi connectivity index (χ1v) is 12.7. The number of likely N-dealkylation sites (tertiary alicyclic amines) is 1. The van der Waals surface area contributed by atoms with E-state index in [1.807, 2.05) is 26.8 Å². The van der Waals surface area contributed by atoms with E-state index in [4.69, 9.17) is 5.41 Å². The molecule has 3 atom stereocenters. The molecule has 4 N–H and O–H groups in total. The number of hydrogen-bond donors (Lipinski definition) is 4. The number of aromatic hydroxyl groups is 1. The zero-order chi connectivity index (χ0) is 25.9. The van der Waals surface area contributed by atoms with Gasteiger partial charge in [-0.3, -0.25) is 9.59 Å². The van der Waals surface area contributed by atoms with E-state index in [0.717, 1.165) is 16.1 Å². The normalized spacial score (nSPS) is 17.9. The molecule has 3 rings (SSSR count). The predicted octanol–water partition coefficient (Wildman–Crippen LogP) is 4.75. The van der Waals surface area contributed by atoms with Gasteiger partial charge in [0.05, 0.1) is 28.0 Å². The molecule has 0 saturated carbocycles. The minimum atomic E-state index is -0.812. The van der Waals surface area contributed by atoms with Gasteiger partial charge in [0.25, 0.3) is 0 Å². The minimum Gasteiger partial charge on any atom is -0.511 e. The molecule has 1 fully saturated rings. The number of aliphatic hydroxyl groups is 1. The van der Waals surface area contributed by atoms with Crippen LogP contribution in [0.5, 0.6) is 5.75 Å². The molecule has 2 heterocycles. The van der Waals surface area contributed by atoms with E-state index in [1.165, 1.54) is 29.2 Å². The standard InChI is InChI=1S/C26H34N4O4S/c1-14(2)23(22(32)11-15(3)27)26(34)30-10-6-7-20(30)25(33)29-16(4)19-9-8-18(12-21(19)31)24-17(5)28-13-35-24/h8-9,11-14,16,20,23,27,31-32H,6-7,10H2,1-5H3,(H,29,33)/b22-11-,27-15?. The average Bonchev–Trinajstić information content (AvgIpc) is 3.41. The molecule has 1 saturated heterocycles. The molecule has 1 aromatic heterocycles. The number of aryl methyl sites for hydroxylation is 1. The smallest absolute Gasteiger partial charge is 0.243 e. The number of carbonyl (C=O) groups excluding carboxylic acids is 2. The summed E-state index contributed by atoms with van der Waals surface area (Å²) in [6.45, 7) is 9.34. The van der Waals surface area contributed by atoms with Gasteiger partial charge >= 0.3 is 0 Å². The lowest BCUT2D eigenvalue weighted by atomic mass is 9.91. The number of rotatable bonds is 8. The van der Waals surface area contributed by atoms with E-state index < -0.39 is 18.0 Å². The number of amides is 2. The van der Waals surface area contributed by atoms with Crippen molar-refractivity contribution in [2.75, 3.05) is 6.54 Å². The Labute approximate surface area is 210 Å². The molecule has 0 aliphatic carbocycles. The Balaban J connectivity index is 1.74. The molecular formula is C26H34N4O4S. The number of nitrogens with one attached hydrogen (secondary N) is 2. The van der Waals surface area contributed by atoms with Crippen molar-refractivity contribution in [3.05, 3.63) is 46.8 Å². The summed E-state index contributed by atoms with van der Waals surface area (Å²) in [5.74, 6) is -1.68. The highest BCUT2D eigenvalue weighted by Gasteiger charge is 2.39. The third-order valence-electron chi connectivity index (χ3n) is 6.32. The van der Waals surface area contributed by atoms with Crippen LogP contribution in [-0.4, -0.2) is 50.2 Å². The van der Waals surface area contributed by atoms with Gasteiger partial charge in [-0.05, 0) is 57.2 Å². The summed E-state index contributed by atoms with van der Waals surface area (Å²) in [5.41, 5.74) is 4.26. The number of thiazole rings is 1. The van der Waals surface area contributed by atoms with Gasteiger partial charge in [-0.2, -0.15) is 0 Å². The van der Waals surface area contributed by atoms with Crippen LogP contribution in [0.15, 0.2) is 35.5 Å². The van der Waals surface area contributed by atoms with Crippen LogP contribution in [-0.2, 0) is 9.59 Å². The first kappa shape index (κ1) is 26.4. The van der Waals surface area contributed by atoms with Crippen LogP contribution >= 0.6 is 11.3 Å². The summed E-state index contributed by atoms with van der Waals surface area (Å²) < 4.78 is 0. The van der Waals surface area contributed by atoms with Gasteiger partial charge in [0.15, 0.2) is 0 Å². The highest BCUT2D eigenvalue weighted by molar-refractivity contribution is 7.13. The Kier molecular flexibility index (Phi) is 8.32. The van der Waals surface area contributed by atoms with Crippen molar-refractivity contribution in [2.45, 2.75) is 59.5 Å². The Hall–Kier alpha value is -3.20. The lowest BCUT2D eigenvalue weighted by Crippen LogP contribution is -2.49. The largest absolute Gasteiger partial charge is 0.511 e. The van der Waals surface area contributed by atoms with Crippen molar-refractivity contribution in [2.24, 2.45) is 11.8 Å². The second-order valence-corrected chi connectivity index (χ2v) is 10.3. The topological polar surface area (TPSA) is 127 Å². The molecule has 1 aromatic carbocycles. The lowest BCUT2D eigenvalue weighted by Gasteiger charge is -2.30. The summed E-state index contributed by atoms with van der Waals surface area (Å²) in [5, 5.41) is 31.7. The Morgan fingerprint density at radius 2 is 2.03 bits per heavy atom. The molecule has 0 spiro atoms. The van der Waals surface area contributed by atoms with E-state index in [2.05, 4.69) is 10.3 Å². The van der Waals surface area contributed by atoms with Gasteiger partial charge in [-0.25, -0.2) is 4.98 Å². The number of aromatic nitrogens is 1. The quantitative estimate of drug-likeness (QED) is 0.309. The summed E-state index contributed by atoms with van der Waals surface area (Å²) in [4.78, 5) is 33.3. The van der Waals surface area contributed by atoms with Crippen LogP contribution in [0.1, 0.15) is 57.8 Å². The number of phenolic OH excluding ortho intramolecular Hbond substituents is 1. The molecule has 1 aliphatic heterocycles. The molecule has 9 heteroatoms. The molecule has 188 valence electrons. The maximum Gasteiger partial charge on any atom is 0.243 e. The van der Waals surface area contributed by atoms with Crippen molar-refractivity contribution in [3.8, 4) is 16.2 Å². The van der Waals surface area contributed by atoms with Gasteiger partial charge in [-0.15, -0.1) is 11.3 Å². The summed E-state index contributed by atoms with van der Waals surface area (Å²) in [6.07, 6.45) is 2.50. The lowest BCUT2D eigenvalue weighted by molar-refractivity contribution is -0.142. The van der Waals surface area contributed by atoms with E-state index >= 15 is 0 Å². The van der Waals surface area contributed by atoms with Gasteiger partial charge in [0, 0.05) is 17.8 Å². The first-order chi connectivity index (χ1) is 16.5. The maximum atomic E-state index is 13.3. The average molecular weight is 499 g/mol. The number of phenols is 1. The van der Waals surface area contributed by atoms with Crippen LogP contribution in [0.25, 0.3) is 10.4 Å². The summed E-state index contributed by atoms with van der Waals surface area (Å²) in [7, 11) is 0. The Morgan fingerprint density at radius 3 is 2.60 bits per heavy atom. The molecule has 2 aromatic rings. The van der Waals surface area contributed by atoms with E-state index in [0.29, 0.717) is 24.9 Å². The fourth-order valence-corrected chi connectivity index (χ4v) is 5.37. The van der Waals surface area contributed by atoms with E-state index in [-0.39, 0.29) is 35.0 Å². The second-order valence-electron chi connectivity index (χ2n) is 9.43. The molecule has 35 heavy (non-hydrogen) atoms. The molecular weight excluding hydrogens is 464 g/mol. The van der Waals surface area contributed by atoms with Crippen molar-refractivity contribution in [1.29, 1.82) is 5.41 Å². The van der Waals surface area contributed by atoms with Crippen LogP contribution in [0.4, 0.5) is 0 Å². The van der Waals surface area contributed by atoms with Gasteiger partial charge in [0.2, 0.25) is 11.8 Å². The third-order valence-corrected chi connectivity index (χ3v) is 7.30. The highest BCUT2D eigenvalue weighted by atomic mass is 32.1. The molecule has 0 radical (unpaired) electrons. The predicted molar refractivity (Wildman–Crippen MR) is 138 cm³/mol. The Morgan fingerprint density at radius 1 is 1.31 bits per heavy atom. The molecule has 1 aliphatic rings. The molecule has 8 nitrogen and oxygen atoms in total. The second kappa shape index (κ2) is 11.0. The fourth-order valence-electron chi connectivity index (χ4n) is 4.56. The molecule has 2 amide bonds. The van der Waals surface area contributed by atoms with E-state index in [1.54, 1.807) is 24.6 Å². The number of carbonyl (C=O) groups is 2. The number of aliphatic hydroxyl groups excluding tert-OH is 1. The zero-order valence-electron chi connectivity index (χ0n) is 20.8. The molecule has 3 unspecified atom stereocenters. The van der Waals surface area contributed by atoms with Crippen LogP contribution in [0.2, 0.25) is 0 Å². The maximum absolute atomic E-state index is 13.3. The molecule has 0 bridgehead atoms. The monoisotopic (exact) mass is 498 g/mol. The van der Waals surface area contributed by atoms with Crippen LogP contribution < -0.4 is 5.32 Å². The summed E-state index contributed by atoms with van der Waals surface area (Å²) >= 11 is 1.50. The van der Waals surface area contributed by atoms with Crippen molar-refractivity contribution >= 4 is 28.9 Å². The SMILES string of the molecule is CC(=N)/C=C(\O)C(C(=O)N1CCCC1C(=O)NC(C)c1ccc(-c2scnc2C)cc1O)C(C)C. The van der Waals surface area contributed by atoms with E-state index in [9.17, 15) is 19.8 Å². The van der Waals surface area contributed by atoms with Crippen LogP contribution in [0, 0.1) is 24.2 Å². The first-order valence-electron chi connectivity index (χ1n) is 11.8. The van der Waals surface area contributed by atoms with Gasteiger partial charge in [-0.1, -0.05) is 26.0 Å². The summed E-state index contributed by atoms with van der Waals surface area (Å²) in [6, 6.07) is 4.26. The highest BCUT2D eigenvalue weighted by Crippen LogP contribution is 2.34. The number of allylic oxidation sites excluding steroid dienone is 1. The fraction of sp³-hybridized carbons (Fsp3) is 0.462. The zero-order valence-corrected chi connectivity index (χ0v) is 21.6.